The third-order valence-electron chi connectivity index (χ3n) is 2.65. The summed E-state index contributed by atoms with van der Waals surface area (Å²) in [7, 11) is 1.98. The number of hydrazine groups is 1. The van der Waals surface area contributed by atoms with Gasteiger partial charge in [0, 0.05) is 26.1 Å². The number of nitrogens with two attached hydrogens (primary N) is 1. The molecule has 0 aliphatic carbocycles. The second-order valence-electron chi connectivity index (χ2n) is 3.50. The lowest BCUT2D eigenvalue weighted by molar-refractivity contribution is -0.137. The minimum absolute atomic E-state index is 0.239. The molecule has 76 valence electrons. The Kier molecular flexibility index (Phi) is 3.69. The molecule has 0 aromatic carbocycles. The molecule has 0 spiro atoms. The maximum atomic E-state index is 11.5. The highest BCUT2D eigenvalue weighted by molar-refractivity contribution is 5.78. The van der Waals surface area contributed by atoms with Crippen molar-refractivity contribution in [3.63, 3.8) is 0 Å². The van der Waals surface area contributed by atoms with Gasteiger partial charge in [-0.15, -0.1) is 0 Å². The molecule has 2 N–H and O–H groups in total. The van der Waals surface area contributed by atoms with Crippen LogP contribution in [0.5, 0.6) is 0 Å². The van der Waals surface area contributed by atoms with Crippen molar-refractivity contribution in [2.45, 2.75) is 32.2 Å². The van der Waals surface area contributed by atoms with E-state index in [1.165, 1.54) is 0 Å². The Labute approximate surface area is 79.6 Å². The van der Waals surface area contributed by atoms with E-state index in [2.05, 4.69) is 11.9 Å². The van der Waals surface area contributed by atoms with Crippen molar-refractivity contribution in [2.24, 2.45) is 5.73 Å². The van der Waals surface area contributed by atoms with Gasteiger partial charge in [-0.25, -0.2) is 5.01 Å². The highest BCUT2D eigenvalue weighted by Gasteiger charge is 2.32. The van der Waals surface area contributed by atoms with E-state index in [-0.39, 0.29) is 5.91 Å². The molecule has 4 heteroatoms. The Morgan fingerprint density at radius 1 is 1.62 bits per heavy atom. The van der Waals surface area contributed by atoms with E-state index < -0.39 is 0 Å². The topological polar surface area (TPSA) is 49.6 Å². The van der Waals surface area contributed by atoms with Gasteiger partial charge in [-0.1, -0.05) is 6.92 Å². The zero-order valence-electron chi connectivity index (χ0n) is 8.49. The van der Waals surface area contributed by atoms with Crippen LogP contribution in [-0.4, -0.2) is 42.1 Å². The average molecular weight is 185 g/mol. The number of hydrogen-bond donors (Lipinski definition) is 1. The molecule has 1 fully saturated rings. The molecule has 1 saturated heterocycles. The summed E-state index contributed by atoms with van der Waals surface area (Å²) in [6.45, 7) is 3.53. The summed E-state index contributed by atoms with van der Waals surface area (Å²) in [5, 5.41) is 3.87. The second kappa shape index (κ2) is 4.58. The van der Waals surface area contributed by atoms with Crippen LogP contribution >= 0.6 is 0 Å². The van der Waals surface area contributed by atoms with E-state index in [1.807, 2.05) is 12.1 Å². The summed E-state index contributed by atoms with van der Waals surface area (Å²) >= 11 is 0. The molecule has 1 heterocycles. The summed E-state index contributed by atoms with van der Waals surface area (Å²) < 4.78 is 0. The van der Waals surface area contributed by atoms with E-state index in [0.29, 0.717) is 19.0 Å². The molecule has 0 aromatic heterocycles. The smallest absolute Gasteiger partial charge is 0.238 e. The third kappa shape index (κ3) is 2.19. The van der Waals surface area contributed by atoms with Crippen LogP contribution in [0.25, 0.3) is 0 Å². The van der Waals surface area contributed by atoms with E-state index in [4.69, 9.17) is 5.73 Å². The molecule has 0 aromatic rings. The summed E-state index contributed by atoms with van der Waals surface area (Å²) in [6.07, 6.45) is 2.57. The van der Waals surface area contributed by atoms with Gasteiger partial charge in [-0.3, -0.25) is 9.80 Å². The minimum Gasteiger partial charge on any atom is -0.330 e. The predicted octanol–water partition coefficient (Wildman–Crippen LogP) is 0.193. The first-order valence-electron chi connectivity index (χ1n) is 4.93. The first-order chi connectivity index (χ1) is 6.20. The van der Waals surface area contributed by atoms with Gasteiger partial charge in [0.25, 0.3) is 0 Å². The van der Waals surface area contributed by atoms with Crippen molar-refractivity contribution in [1.29, 1.82) is 0 Å². The van der Waals surface area contributed by atoms with Crippen molar-refractivity contribution in [3.05, 3.63) is 0 Å². The lowest BCUT2D eigenvalue weighted by Gasteiger charge is -2.27. The van der Waals surface area contributed by atoms with E-state index in [0.717, 1.165) is 19.4 Å². The highest BCUT2D eigenvalue weighted by Crippen LogP contribution is 2.19. The fourth-order valence-electron chi connectivity index (χ4n) is 1.74. The van der Waals surface area contributed by atoms with Crippen molar-refractivity contribution < 1.29 is 4.79 Å². The van der Waals surface area contributed by atoms with Gasteiger partial charge in [-0.05, 0) is 19.4 Å². The Hall–Kier alpha value is -0.610. The van der Waals surface area contributed by atoms with Crippen LogP contribution in [-0.2, 0) is 4.79 Å². The largest absolute Gasteiger partial charge is 0.330 e. The van der Waals surface area contributed by atoms with Crippen LogP contribution in [0.15, 0.2) is 0 Å². The van der Waals surface area contributed by atoms with Crippen LogP contribution in [0.3, 0.4) is 0 Å². The fraction of sp³-hybridized carbons (Fsp3) is 0.889. The lowest BCUT2D eigenvalue weighted by atomic mass is 10.2. The second-order valence-corrected chi connectivity index (χ2v) is 3.50. The number of hydrogen-bond acceptors (Lipinski definition) is 3. The Bertz CT molecular complexity index is 184. The van der Waals surface area contributed by atoms with E-state index in [9.17, 15) is 4.79 Å². The normalized spacial score (nSPS) is 24.4. The lowest BCUT2D eigenvalue weighted by Crippen LogP contribution is -2.40. The Balaban J connectivity index is 2.49. The molecule has 1 aliphatic rings. The minimum atomic E-state index is 0.239. The number of amides is 1. The summed E-state index contributed by atoms with van der Waals surface area (Å²) in [6, 6.07) is 0.394. The number of rotatable bonds is 4. The standard InChI is InChI=1S/C9H19N3O/c1-3-8-7-9(13)12(11(8)2)6-4-5-10/h8H,3-7,10H2,1-2H3. The molecule has 0 saturated carbocycles. The van der Waals surface area contributed by atoms with Gasteiger partial charge in [0.15, 0.2) is 0 Å². The molecule has 0 bridgehead atoms. The van der Waals surface area contributed by atoms with Crippen molar-refractivity contribution in [1.82, 2.24) is 10.0 Å². The molecule has 1 amide bonds. The molecular formula is C9H19N3O. The van der Waals surface area contributed by atoms with Crippen LogP contribution in [0, 0.1) is 0 Å². The molecule has 13 heavy (non-hydrogen) atoms. The van der Waals surface area contributed by atoms with Gasteiger partial charge in [0.05, 0.1) is 0 Å². The summed E-state index contributed by atoms with van der Waals surface area (Å²) in [5.41, 5.74) is 5.41. The molecule has 4 nitrogen and oxygen atoms in total. The molecule has 0 radical (unpaired) electrons. The summed E-state index contributed by atoms with van der Waals surface area (Å²) in [5.74, 6) is 0.239. The average Bonchev–Trinajstić information content (AvgIpc) is 2.39. The molecule has 1 unspecified atom stereocenters. The van der Waals surface area contributed by atoms with Crippen LogP contribution in [0.2, 0.25) is 0 Å². The Morgan fingerprint density at radius 2 is 2.31 bits per heavy atom. The van der Waals surface area contributed by atoms with Crippen LogP contribution in [0.1, 0.15) is 26.2 Å². The zero-order valence-corrected chi connectivity index (χ0v) is 8.49. The fourth-order valence-corrected chi connectivity index (χ4v) is 1.74. The monoisotopic (exact) mass is 185 g/mol. The SMILES string of the molecule is CCC1CC(=O)N(CCCN)N1C. The third-order valence-corrected chi connectivity index (χ3v) is 2.65. The Morgan fingerprint density at radius 3 is 2.77 bits per heavy atom. The highest BCUT2D eigenvalue weighted by atomic mass is 16.2. The number of nitrogens with zero attached hydrogens (tertiary/aromatic N) is 2. The molecule has 1 rings (SSSR count). The van der Waals surface area contributed by atoms with Gasteiger partial charge in [-0.2, -0.15) is 0 Å². The van der Waals surface area contributed by atoms with Gasteiger partial charge in [0.2, 0.25) is 5.91 Å². The van der Waals surface area contributed by atoms with E-state index >= 15 is 0 Å². The quantitative estimate of drug-likeness (QED) is 0.680. The number of carbonyl (C=O) groups is 1. The first-order valence-corrected chi connectivity index (χ1v) is 4.93. The van der Waals surface area contributed by atoms with Crippen LogP contribution in [0.4, 0.5) is 0 Å². The van der Waals surface area contributed by atoms with Crippen LogP contribution < -0.4 is 5.73 Å². The van der Waals surface area contributed by atoms with Crippen molar-refractivity contribution >= 4 is 5.91 Å². The zero-order chi connectivity index (χ0) is 9.84. The van der Waals surface area contributed by atoms with Crippen molar-refractivity contribution in [2.75, 3.05) is 20.1 Å². The van der Waals surface area contributed by atoms with E-state index in [1.54, 1.807) is 0 Å². The molecule has 1 atom stereocenters. The maximum absolute atomic E-state index is 11.5. The number of carbonyl (C=O) groups excluding carboxylic acids is 1. The maximum Gasteiger partial charge on any atom is 0.238 e. The van der Waals surface area contributed by atoms with Gasteiger partial charge < -0.3 is 5.73 Å². The predicted molar refractivity (Wildman–Crippen MR) is 51.8 cm³/mol. The molecule has 1 aliphatic heterocycles. The first kappa shape index (κ1) is 10.5. The molecular weight excluding hydrogens is 166 g/mol. The van der Waals surface area contributed by atoms with Crippen molar-refractivity contribution in [3.8, 4) is 0 Å². The van der Waals surface area contributed by atoms with Gasteiger partial charge in [0.1, 0.15) is 0 Å². The van der Waals surface area contributed by atoms with Gasteiger partial charge >= 0.3 is 0 Å². The summed E-state index contributed by atoms with van der Waals surface area (Å²) in [4.78, 5) is 11.5.